The van der Waals surface area contributed by atoms with Gasteiger partial charge in [0.15, 0.2) is 0 Å². The third-order valence-corrected chi connectivity index (χ3v) is 2.64. The molecule has 92 valence electrons. The molecule has 0 amide bonds. The summed E-state index contributed by atoms with van der Waals surface area (Å²) < 4.78 is 0.563. The van der Waals surface area contributed by atoms with Crippen molar-refractivity contribution in [2.24, 2.45) is 0 Å². The molecular formula is C16H16ClN. The van der Waals surface area contributed by atoms with Crippen molar-refractivity contribution in [3.05, 3.63) is 35.9 Å². The standard InChI is InChI=1S/C16H16N.ClH/c1-4-12-17(13-5-2,14-6-3)15-16-10-8-7-9-11-16;/h1-3,7-11H,12-15H2;1H/q+1;/p-1. The van der Waals surface area contributed by atoms with E-state index in [1.807, 2.05) is 18.2 Å². The van der Waals surface area contributed by atoms with Crippen LogP contribution < -0.4 is 12.4 Å². The molecular weight excluding hydrogens is 242 g/mol. The van der Waals surface area contributed by atoms with E-state index in [1.165, 1.54) is 5.56 Å². The van der Waals surface area contributed by atoms with Gasteiger partial charge in [0, 0.05) is 5.56 Å². The molecule has 0 unspecified atom stereocenters. The third-order valence-electron chi connectivity index (χ3n) is 2.64. The zero-order valence-electron chi connectivity index (χ0n) is 10.3. The lowest BCUT2D eigenvalue weighted by Gasteiger charge is -2.33. The van der Waals surface area contributed by atoms with Gasteiger partial charge >= 0.3 is 0 Å². The lowest BCUT2D eigenvalue weighted by Crippen LogP contribution is -3.00. The fraction of sp³-hybridized carbons (Fsp3) is 0.250. The Balaban J connectivity index is 0.00000289. The summed E-state index contributed by atoms with van der Waals surface area (Å²) in [6.45, 7) is 2.45. The molecule has 0 aliphatic rings. The number of benzene rings is 1. The molecule has 1 nitrogen and oxygen atoms in total. The van der Waals surface area contributed by atoms with E-state index in [2.05, 4.69) is 29.9 Å². The normalized spacial score (nSPS) is 9.39. The van der Waals surface area contributed by atoms with E-state index in [0.29, 0.717) is 24.1 Å². The Bertz CT molecular complexity index is 430. The average molecular weight is 258 g/mol. The summed E-state index contributed by atoms with van der Waals surface area (Å²) in [6.07, 6.45) is 16.3. The predicted molar refractivity (Wildman–Crippen MR) is 71.5 cm³/mol. The summed E-state index contributed by atoms with van der Waals surface area (Å²) in [5, 5.41) is 0. The lowest BCUT2D eigenvalue weighted by atomic mass is 10.1. The first-order valence-corrected chi connectivity index (χ1v) is 5.46. The molecule has 1 rings (SSSR count). The fourth-order valence-electron chi connectivity index (χ4n) is 1.89. The monoisotopic (exact) mass is 257 g/mol. The highest BCUT2D eigenvalue weighted by atomic mass is 35.5. The summed E-state index contributed by atoms with van der Waals surface area (Å²) in [5.41, 5.74) is 1.20. The summed E-state index contributed by atoms with van der Waals surface area (Å²) in [4.78, 5) is 0. The Labute approximate surface area is 116 Å². The quantitative estimate of drug-likeness (QED) is 0.465. The maximum absolute atomic E-state index is 5.43. The van der Waals surface area contributed by atoms with Crippen LogP contribution in [-0.4, -0.2) is 24.1 Å². The van der Waals surface area contributed by atoms with Crippen molar-refractivity contribution in [3.8, 4) is 37.0 Å². The van der Waals surface area contributed by atoms with Gasteiger partial charge in [-0.3, -0.25) is 4.48 Å². The van der Waals surface area contributed by atoms with Crippen molar-refractivity contribution in [2.75, 3.05) is 19.6 Å². The van der Waals surface area contributed by atoms with Crippen LogP contribution in [-0.2, 0) is 6.54 Å². The minimum atomic E-state index is 0. The molecule has 0 atom stereocenters. The molecule has 0 aliphatic heterocycles. The molecule has 0 fully saturated rings. The average Bonchev–Trinajstić information content (AvgIpc) is 2.31. The molecule has 0 aliphatic carbocycles. The van der Waals surface area contributed by atoms with Crippen LogP contribution in [0, 0.1) is 37.0 Å². The maximum atomic E-state index is 5.43. The third kappa shape index (κ3) is 4.57. The van der Waals surface area contributed by atoms with Gasteiger partial charge in [0.1, 0.15) is 26.2 Å². The Morgan fingerprint density at radius 2 is 1.28 bits per heavy atom. The van der Waals surface area contributed by atoms with Crippen molar-refractivity contribution < 1.29 is 16.9 Å². The van der Waals surface area contributed by atoms with E-state index in [9.17, 15) is 0 Å². The first kappa shape index (κ1) is 16.2. The van der Waals surface area contributed by atoms with Crippen LogP contribution >= 0.6 is 0 Å². The van der Waals surface area contributed by atoms with E-state index in [4.69, 9.17) is 19.3 Å². The summed E-state index contributed by atoms with van der Waals surface area (Å²) >= 11 is 0. The molecule has 0 saturated heterocycles. The molecule has 2 heteroatoms. The van der Waals surface area contributed by atoms with Crippen LogP contribution in [0.2, 0.25) is 0 Å². The van der Waals surface area contributed by atoms with E-state index < -0.39 is 0 Å². The van der Waals surface area contributed by atoms with Gasteiger partial charge in [-0.1, -0.05) is 30.3 Å². The Kier molecular flexibility index (Phi) is 7.42. The SMILES string of the molecule is C#CC[N+](CC#C)(CC#C)Cc1ccccc1.[Cl-]. The number of quaternary nitrogens is 1. The smallest absolute Gasteiger partial charge is 0.142 e. The first-order valence-electron chi connectivity index (χ1n) is 5.46. The highest BCUT2D eigenvalue weighted by Crippen LogP contribution is 2.13. The minimum Gasteiger partial charge on any atom is -1.00 e. The largest absolute Gasteiger partial charge is 1.00 e. The van der Waals surface area contributed by atoms with Crippen molar-refractivity contribution in [2.45, 2.75) is 6.54 Å². The number of hydrogen-bond donors (Lipinski definition) is 0. The zero-order chi connectivity index (χ0) is 12.6. The van der Waals surface area contributed by atoms with Crippen molar-refractivity contribution in [3.63, 3.8) is 0 Å². The molecule has 0 aromatic heterocycles. The fourth-order valence-corrected chi connectivity index (χ4v) is 1.89. The van der Waals surface area contributed by atoms with E-state index in [1.54, 1.807) is 0 Å². The number of nitrogens with zero attached hydrogens (tertiary/aromatic N) is 1. The van der Waals surface area contributed by atoms with Crippen molar-refractivity contribution >= 4 is 0 Å². The predicted octanol–water partition coefficient (Wildman–Crippen LogP) is -1.09. The molecule has 0 radical (unpaired) electrons. The van der Waals surface area contributed by atoms with E-state index in [-0.39, 0.29) is 12.4 Å². The van der Waals surface area contributed by atoms with Gasteiger partial charge in [-0.15, -0.1) is 19.3 Å². The number of halogens is 1. The van der Waals surface area contributed by atoms with Gasteiger partial charge in [0.25, 0.3) is 0 Å². The van der Waals surface area contributed by atoms with Gasteiger partial charge in [0.05, 0.1) is 0 Å². The first-order chi connectivity index (χ1) is 8.26. The number of hydrogen-bond acceptors (Lipinski definition) is 0. The van der Waals surface area contributed by atoms with Gasteiger partial charge in [0.2, 0.25) is 0 Å². The Morgan fingerprint density at radius 3 is 1.67 bits per heavy atom. The van der Waals surface area contributed by atoms with Crippen molar-refractivity contribution in [1.29, 1.82) is 0 Å². The zero-order valence-corrected chi connectivity index (χ0v) is 11.0. The molecule has 18 heavy (non-hydrogen) atoms. The van der Waals surface area contributed by atoms with Crippen LogP contribution in [0.5, 0.6) is 0 Å². The second-order valence-electron chi connectivity index (χ2n) is 4.07. The maximum Gasteiger partial charge on any atom is 0.142 e. The summed E-state index contributed by atoms with van der Waals surface area (Å²) in [6, 6.07) is 10.1. The number of rotatable bonds is 5. The van der Waals surface area contributed by atoms with E-state index >= 15 is 0 Å². The van der Waals surface area contributed by atoms with Crippen LogP contribution in [0.1, 0.15) is 5.56 Å². The van der Waals surface area contributed by atoms with Gasteiger partial charge in [-0.05, 0) is 17.8 Å². The van der Waals surface area contributed by atoms with Gasteiger partial charge in [-0.25, -0.2) is 0 Å². The van der Waals surface area contributed by atoms with Gasteiger partial charge in [-0.2, -0.15) is 0 Å². The highest BCUT2D eigenvalue weighted by Gasteiger charge is 2.24. The van der Waals surface area contributed by atoms with E-state index in [0.717, 1.165) is 6.54 Å². The number of terminal acetylenes is 3. The molecule has 0 bridgehead atoms. The molecule has 0 spiro atoms. The Hall–Kier alpha value is -1.85. The minimum absolute atomic E-state index is 0. The van der Waals surface area contributed by atoms with Crippen LogP contribution in [0.4, 0.5) is 0 Å². The van der Waals surface area contributed by atoms with Gasteiger partial charge < -0.3 is 12.4 Å². The molecule has 0 heterocycles. The Morgan fingerprint density at radius 1 is 0.833 bits per heavy atom. The van der Waals surface area contributed by atoms with Crippen LogP contribution in [0.25, 0.3) is 0 Å². The summed E-state index contributed by atoms with van der Waals surface area (Å²) in [5.74, 6) is 8.04. The van der Waals surface area contributed by atoms with Crippen LogP contribution in [0.15, 0.2) is 30.3 Å². The molecule has 1 aromatic rings. The molecule has 0 N–H and O–H groups in total. The summed E-state index contributed by atoms with van der Waals surface area (Å²) in [7, 11) is 0. The second-order valence-corrected chi connectivity index (χ2v) is 4.07. The molecule has 0 saturated carbocycles. The second kappa shape index (κ2) is 8.27. The van der Waals surface area contributed by atoms with Crippen molar-refractivity contribution in [1.82, 2.24) is 0 Å². The topological polar surface area (TPSA) is 0 Å². The highest BCUT2D eigenvalue weighted by molar-refractivity contribution is 5.14. The van der Waals surface area contributed by atoms with Crippen LogP contribution in [0.3, 0.4) is 0 Å². The molecule has 1 aromatic carbocycles. The lowest BCUT2D eigenvalue weighted by molar-refractivity contribution is -0.921.